The van der Waals surface area contributed by atoms with Crippen LogP contribution in [0.3, 0.4) is 0 Å². The van der Waals surface area contributed by atoms with Crippen LogP contribution in [0.4, 0.5) is 5.69 Å². The van der Waals surface area contributed by atoms with Crippen molar-refractivity contribution < 1.29 is 14.6 Å². The molecule has 1 aromatic carbocycles. The Bertz CT molecular complexity index is 583. The number of anilines is 1. The summed E-state index contributed by atoms with van der Waals surface area (Å²) in [6.45, 7) is 1.37. The van der Waals surface area contributed by atoms with Gasteiger partial charge in [0.25, 0.3) is 0 Å². The molecule has 3 aliphatic rings. The van der Waals surface area contributed by atoms with E-state index in [-0.39, 0.29) is 18.0 Å². The van der Waals surface area contributed by atoms with Gasteiger partial charge in [0.1, 0.15) is 0 Å². The average Bonchev–Trinajstić information content (AvgIpc) is 3.25. The molecule has 4 unspecified atom stereocenters. The number of hydrogen-bond acceptors (Lipinski definition) is 4. The maximum atomic E-state index is 11.7. The summed E-state index contributed by atoms with van der Waals surface area (Å²) in [5, 5.41) is 16.8. The minimum Gasteiger partial charge on any atom is -0.481 e. The van der Waals surface area contributed by atoms with Crippen LogP contribution < -0.4 is 10.6 Å². The number of benzene rings is 1. The molecule has 0 spiro atoms. The number of carbonyl (C=O) groups is 1. The molecular weight excluding hydrogens is 304 g/mol. The van der Waals surface area contributed by atoms with Gasteiger partial charge in [-0.3, -0.25) is 4.79 Å². The molecule has 3 fully saturated rings. The van der Waals surface area contributed by atoms with E-state index in [1.54, 1.807) is 0 Å². The molecule has 2 heterocycles. The summed E-state index contributed by atoms with van der Waals surface area (Å²) in [6.07, 6.45) is 5.81. The third kappa shape index (κ3) is 3.15. The molecule has 1 saturated carbocycles. The third-order valence-electron chi connectivity index (χ3n) is 5.86. The Morgan fingerprint density at radius 3 is 2.62 bits per heavy atom. The van der Waals surface area contributed by atoms with Gasteiger partial charge in [0.15, 0.2) is 0 Å². The van der Waals surface area contributed by atoms with Gasteiger partial charge < -0.3 is 20.5 Å². The van der Waals surface area contributed by atoms with Gasteiger partial charge in [-0.1, -0.05) is 25.0 Å². The average molecular weight is 330 g/mol. The van der Waals surface area contributed by atoms with Crippen molar-refractivity contribution >= 4 is 11.7 Å². The van der Waals surface area contributed by atoms with E-state index in [9.17, 15) is 9.90 Å². The predicted octanol–water partition coefficient (Wildman–Crippen LogP) is 2.79. The van der Waals surface area contributed by atoms with Crippen LogP contribution in [0.25, 0.3) is 0 Å². The lowest BCUT2D eigenvalue weighted by atomic mass is 9.79. The molecule has 3 N–H and O–H groups in total. The van der Waals surface area contributed by atoms with E-state index in [0.717, 1.165) is 11.3 Å². The lowest BCUT2D eigenvalue weighted by molar-refractivity contribution is -0.144. The summed E-state index contributed by atoms with van der Waals surface area (Å²) >= 11 is 0. The van der Waals surface area contributed by atoms with Crippen LogP contribution >= 0.6 is 0 Å². The summed E-state index contributed by atoms with van der Waals surface area (Å²) in [4.78, 5) is 11.7. The second-order valence-electron chi connectivity index (χ2n) is 7.48. The first-order valence-corrected chi connectivity index (χ1v) is 9.14. The molecule has 0 aromatic heterocycles. The molecule has 4 atom stereocenters. The molecule has 1 aliphatic carbocycles. The van der Waals surface area contributed by atoms with Crippen molar-refractivity contribution in [3.8, 4) is 0 Å². The number of nitrogens with one attached hydrogen (secondary N) is 2. The molecule has 4 rings (SSSR count). The zero-order valence-electron chi connectivity index (χ0n) is 13.9. The van der Waals surface area contributed by atoms with Crippen LogP contribution in [0.15, 0.2) is 24.3 Å². The van der Waals surface area contributed by atoms with Crippen LogP contribution in [0.5, 0.6) is 0 Å². The highest BCUT2D eigenvalue weighted by Gasteiger charge is 2.43. The second kappa shape index (κ2) is 6.73. The Hall–Kier alpha value is -1.59. The summed E-state index contributed by atoms with van der Waals surface area (Å²) in [5.74, 6) is -0.779. The van der Waals surface area contributed by atoms with Crippen LogP contribution in [-0.2, 0) is 9.53 Å². The van der Waals surface area contributed by atoms with Crippen molar-refractivity contribution in [2.45, 2.75) is 50.2 Å². The van der Waals surface area contributed by atoms with Crippen molar-refractivity contribution in [3.63, 3.8) is 0 Å². The van der Waals surface area contributed by atoms with Crippen LogP contribution in [-0.4, -0.2) is 36.4 Å². The molecule has 2 aliphatic heterocycles. The number of ether oxygens (including phenoxy) is 1. The fourth-order valence-corrected chi connectivity index (χ4v) is 4.49. The van der Waals surface area contributed by atoms with Crippen molar-refractivity contribution in [1.29, 1.82) is 0 Å². The first-order chi connectivity index (χ1) is 11.7. The summed E-state index contributed by atoms with van der Waals surface area (Å²) in [5.41, 5.74) is 2.19. The highest BCUT2D eigenvalue weighted by molar-refractivity contribution is 5.71. The topological polar surface area (TPSA) is 70.6 Å². The van der Waals surface area contributed by atoms with Crippen molar-refractivity contribution in [1.82, 2.24) is 5.32 Å². The normalized spacial score (nSPS) is 33.3. The Morgan fingerprint density at radius 2 is 1.92 bits per heavy atom. The van der Waals surface area contributed by atoms with Crippen molar-refractivity contribution in [2.75, 3.05) is 18.5 Å². The smallest absolute Gasteiger partial charge is 0.308 e. The first kappa shape index (κ1) is 15.9. The van der Waals surface area contributed by atoms with Crippen molar-refractivity contribution in [2.24, 2.45) is 11.8 Å². The number of fused-ring (bicyclic) bond motifs is 1. The fourth-order valence-electron chi connectivity index (χ4n) is 4.49. The second-order valence-corrected chi connectivity index (χ2v) is 7.48. The molecule has 130 valence electrons. The van der Waals surface area contributed by atoms with E-state index in [1.165, 1.54) is 25.7 Å². The van der Waals surface area contributed by atoms with E-state index in [4.69, 9.17) is 4.74 Å². The van der Waals surface area contributed by atoms with Gasteiger partial charge in [-0.15, -0.1) is 0 Å². The summed E-state index contributed by atoms with van der Waals surface area (Å²) in [7, 11) is 0. The number of aliphatic carboxylic acids is 1. The molecule has 0 radical (unpaired) electrons. The van der Waals surface area contributed by atoms with E-state index in [2.05, 4.69) is 34.9 Å². The molecule has 0 amide bonds. The molecule has 5 heteroatoms. The zero-order chi connectivity index (χ0) is 16.5. The lowest BCUT2D eigenvalue weighted by Crippen LogP contribution is -2.49. The van der Waals surface area contributed by atoms with Gasteiger partial charge in [0.2, 0.25) is 0 Å². The lowest BCUT2D eigenvalue weighted by Gasteiger charge is -2.37. The van der Waals surface area contributed by atoms with E-state index < -0.39 is 5.97 Å². The Kier molecular flexibility index (Phi) is 4.46. The van der Waals surface area contributed by atoms with Crippen LogP contribution in [0.1, 0.15) is 43.7 Å². The predicted molar refractivity (Wildman–Crippen MR) is 92.0 cm³/mol. The molecule has 1 aromatic rings. The van der Waals surface area contributed by atoms with Crippen LogP contribution in [0, 0.1) is 11.8 Å². The fraction of sp³-hybridized carbons (Fsp3) is 0.632. The largest absolute Gasteiger partial charge is 0.481 e. The van der Waals surface area contributed by atoms with Gasteiger partial charge in [-0.25, -0.2) is 0 Å². The minimum atomic E-state index is -0.717. The van der Waals surface area contributed by atoms with Gasteiger partial charge in [0, 0.05) is 29.7 Å². The Labute approximate surface area is 142 Å². The maximum absolute atomic E-state index is 11.7. The summed E-state index contributed by atoms with van der Waals surface area (Å²) in [6, 6.07) is 9.05. The van der Waals surface area contributed by atoms with Crippen molar-refractivity contribution in [3.05, 3.63) is 29.8 Å². The zero-order valence-corrected chi connectivity index (χ0v) is 13.9. The molecule has 24 heavy (non-hydrogen) atoms. The monoisotopic (exact) mass is 330 g/mol. The number of carboxylic acid groups (broad SMARTS) is 1. The molecular formula is C19H26N2O3. The Balaban J connectivity index is 1.49. The SMILES string of the molecule is O=C(O)C1CC2COCC2NC1c1ccc(NC2CCCC2)cc1. The molecule has 5 nitrogen and oxygen atoms in total. The maximum Gasteiger partial charge on any atom is 0.308 e. The number of rotatable bonds is 4. The summed E-state index contributed by atoms with van der Waals surface area (Å²) < 4.78 is 5.53. The van der Waals surface area contributed by atoms with Gasteiger partial charge in [-0.2, -0.15) is 0 Å². The number of carboxylic acids is 1. The van der Waals surface area contributed by atoms with Gasteiger partial charge >= 0.3 is 5.97 Å². The third-order valence-corrected chi connectivity index (χ3v) is 5.86. The Morgan fingerprint density at radius 1 is 1.17 bits per heavy atom. The van der Waals surface area contributed by atoms with Gasteiger partial charge in [0.05, 0.1) is 19.1 Å². The van der Waals surface area contributed by atoms with Crippen LogP contribution in [0.2, 0.25) is 0 Å². The molecule has 0 bridgehead atoms. The van der Waals surface area contributed by atoms with E-state index >= 15 is 0 Å². The first-order valence-electron chi connectivity index (χ1n) is 9.14. The highest BCUT2D eigenvalue weighted by atomic mass is 16.5. The molecule has 2 saturated heterocycles. The van der Waals surface area contributed by atoms with Gasteiger partial charge in [-0.05, 0) is 37.0 Å². The standard InChI is InChI=1S/C19H26N2O3/c22-19(23)16-9-13-10-24-11-17(13)21-18(16)12-5-7-15(8-6-12)20-14-3-1-2-4-14/h5-8,13-14,16-18,20-21H,1-4,9-11H2,(H,22,23). The number of piperidine rings is 1. The minimum absolute atomic E-state index is 0.133. The number of hydrogen-bond donors (Lipinski definition) is 3. The van der Waals surface area contributed by atoms with E-state index in [1.807, 2.05) is 0 Å². The highest BCUT2D eigenvalue weighted by Crippen LogP contribution is 2.37. The van der Waals surface area contributed by atoms with E-state index in [0.29, 0.717) is 31.6 Å². The quantitative estimate of drug-likeness (QED) is 0.792.